The van der Waals surface area contributed by atoms with Crippen LogP contribution in [0.2, 0.25) is 0 Å². The molecule has 8 fully saturated rings. The van der Waals surface area contributed by atoms with Crippen LogP contribution in [-0.4, -0.2) is 85.5 Å². The standard InChI is InChI=1S/C50H76N4O8/c1-47-17-15-35-31(33(47)9-11-41(47)57)27-39(55)37-23-29(53-21-7-5-19-51)25-43(49(35,37)3)61-45(59)13-14-46(60)62-44-26-30(54-22-8-6-20-52)24-38-40(56)28-32-34-10-12-42(58)48(34,2)18-16-36(32)50(38,44)4/h13-14,29-38,43-44,53-54H,5-12,15-28,51-52H2,1-4H3/b14-13+/t29?,30?,31-,32-,33-,34-,35+,36+,37?,38?,43?,44?,47-,48-,49+,50+/m0/s1. The van der Waals surface area contributed by atoms with Crippen molar-refractivity contribution < 1.29 is 38.2 Å². The topological polar surface area (TPSA) is 197 Å². The monoisotopic (exact) mass is 861 g/mol. The second kappa shape index (κ2) is 17.9. The number of ether oxygens (including phenoxy) is 2. The highest BCUT2D eigenvalue weighted by molar-refractivity contribution is 5.92. The molecule has 0 aromatic heterocycles. The molecule has 0 saturated heterocycles. The first-order valence-corrected chi connectivity index (χ1v) is 24.7. The highest BCUT2D eigenvalue weighted by atomic mass is 16.6. The Morgan fingerprint density at radius 2 is 1.00 bits per heavy atom. The fraction of sp³-hybridized carbons (Fsp3) is 0.840. The summed E-state index contributed by atoms with van der Waals surface area (Å²) in [6.45, 7) is 11.3. The third-order valence-corrected chi connectivity index (χ3v) is 19.5. The molecule has 8 saturated carbocycles. The lowest BCUT2D eigenvalue weighted by Gasteiger charge is -2.61. The van der Waals surface area contributed by atoms with Crippen molar-refractivity contribution in [3.05, 3.63) is 12.2 Å². The molecular formula is C50H76N4O8. The van der Waals surface area contributed by atoms with Crippen molar-refractivity contribution in [1.29, 1.82) is 0 Å². The van der Waals surface area contributed by atoms with E-state index in [2.05, 4.69) is 38.3 Å². The number of ketones is 4. The Balaban J connectivity index is 1.01. The van der Waals surface area contributed by atoms with Gasteiger partial charge in [0, 0.05) is 96.3 Å². The molecule has 8 aliphatic carbocycles. The van der Waals surface area contributed by atoms with Crippen LogP contribution < -0.4 is 22.1 Å². The van der Waals surface area contributed by atoms with Crippen LogP contribution in [0.3, 0.4) is 0 Å². The zero-order valence-corrected chi connectivity index (χ0v) is 38.1. The van der Waals surface area contributed by atoms with Crippen LogP contribution >= 0.6 is 0 Å². The van der Waals surface area contributed by atoms with Crippen LogP contribution in [0.25, 0.3) is 0 Å². The van der Waals surface area contributed by atoms with Gasteiger partial charge in [-0.1, -0.05) is 27.7 Å². The zero-order valence-electron chi connectivity index (χ0n) is 38.1. The minimum absolute atomic E-state index is 0.0149. The number of hydrogen-bond donors (Lipinski definition) is 4. The Bertz CT molecular complexity index is 1680. The molecule has 8 aliphatic rings. The SMILES string of the molecule is C[C@]12C(OC(=O)/C=C/C(=O)OC3CC(NCCCCN)CC4C(=O)C[C@@H]5[C@@H](CC[C@]6(C)C(=O)CC[C@@H]56)[C@@]34C)CC(NCCCCN)CC1C(=O)C[C@@H]1[C@H]2CC[C@]2(C)C(=O)CC[C@@H]12. The minimum Gasteiger partial charge on any atom is -0.459 e. The minimum atomic E-state index is -0.639. The quantitative estimate of drug-likeness (QED) is 0.0966. The Labute approximate surface area is 369 Å². The molecule has 12 heteroatoms. The van der Waals surface area contributed by atoms with E-state index in [1.54, 1.807) is 0 Å². The smallest absolute Gasteiger partial charge is 0.331 e. The number of rotatable bonds is 14. The molecule has 0 heterocycles. The van der Waals surface area contributed by atoms with Crippen LogP contribution in [0.1, 0.15) is 143 Å². The number of nitrogens with two attached hydrogens (primary N) is 2. The van der Waals surface area contributed by atoms with E-state index in [4.69, 9.17) is 20.9 Å². The Morgan fingerprint density at radius 1 is 0.597 bits per heavy atom. The van der Waals surface area contributed by atoms with Gasteiger partial charge in [-0.3, -0.25) is 19.2 Å². The van der Waals surface area contributed by atoms with Crippen LogP contribution in [0.4, 0.5) is 0 Å². The fourth-order valence-corrected chi connectivity index (χ4v) is 16.0. The van der Waals surface area contributed by atoms with Gasteiger partial charge in [-0.2, -0.15) is 0 Å². The summed E-state index contributed by atoms with van der Waals surface area (Å²) in [6, 6.07) is -0.0298. The maximum Gasteiger partial charge on any atom is 0.331 e. The van der Waals surface area contributed by atoms with Gasteiger partial charge >= 0.3 is 11.9 Å². The maximum atomic E-state index is 14.3. The summed E-state index contributed by atoms with van der Waals surface area (Å²) in [5, 5.41) is 7.30. The summed E-state index contributed by atoms with van der Waals surface area (Å²) in [6.07, 6.45) is 14.3. The number of unbranched alkanes of at least 4 members (excludes halogenated alkanes) is 2. The molecule has 344 valence electrons. The normalized spacial score (nSPS) is 44.8. The lowest BCUT2D eigenvalue weighted by Crippen LogP contribution is -2.64. The van der Waals surface area contributed by atoms with Gasteiger partial charge in [0.1, 0.15) is 35.3 Å². The molecule has 0 radical (unpaired) electrons. The van der Waals surface area contributed by atoms with Crippen LogP contribution in [0, 0.1) is 69.0 Å². The zero-order chi connectivity index (χ0) is 44.2. The van der Waals surface area contributed by atoms with Crippen LogP contribution in [0.15, 0.2) is 12.2 Å². The Kier molecular flexibility index (Phi) is 13.2. The van der Waals surface area contributed by atoms with Gasteiger partial charge in [-0.05, 0) is 139 Å². The van der Waals surface area contributed by atoms with Crippen LogP contribution in [0.5, 0.6) is 0 Å². The molecule has 0 spiro atoms. The van der Waals surface area contributed by atoms with E-state index in [1.165, 1.54) is 12.2 Å². The van der Waals surface area contributed by atoms with Crippen molar-refractivity contribution in [3.8, 4) is 0 Å². The molecule has 0 bridgehead atoms. The second-order valence-electron chi connectivity index (χ2n) is 22.2. The Hall–Kier alpha value is -2.80. The van der Waals surface area contributed by atoms with E-state index in [0.29, 0.717) is 76.0 Å². The van der Waals surface area contributed by atoms with Gasteiger partial charge in [0.15, 0.2) is 0 Å². The summed E-state index contributed by atoms with van der Waals surface area (Å²) in [5.74, 6) is -0.0389. The number of carbonyl (C=O) groups excluding carboxylic acids is 6. The lowest BCUT2D eigenvalue weighted by atomic mass is 9.44. The van der Waals surface area contributed by atoms with E-state index < -0.39 is 45.8 Å². The number of Topliss-reactive ketones (excluding diaryl/α,β-unsaturated/α-hetero) is 4. The van der Waals surface area contributed by atoms with E-state index in [-0.39, 0.29) is 71.0 Å². The first-order valence-electron chi connectivity index (χ1n) is 24.7. The molecule has 0 amide bonds. The molecule has 12 nitrogen and oxygen atoms in total. The first-order chi connectivity index (χ1) is 29.6. The average Bonchev–Trinajstić information content (AvgIpc) is 3.72. The highest BCUT2D eigenvalue weighted by Gasteiger charge is 2.67. The van der Waals surface area contributed by atoms with Crippen molar-refractivity contribution in [3.63, 3.8) is 0 Å². The predicted octanol–water partition coefficient (Wildman–Crippen LogP) is 5.56. The Morgan fingerprint density at radius 3 is 1.39 bits per heavy atom. The average molecular weight is 861 g/mol. The molecule has 8 rings (SSSR count). The third kappa shape index (κ3) is 7.80. The third-order valence-electron chi connectivity index (χ3n) is 19.5. The number of carbonyl (C=O) groups is 6. The maximum absolute atomic E-state index is 14.3. The van der Waals surface area contributed by atoms with Crippen molar-refractivity contribution in [2.75, 3.05) is 26.2 Å². The number of nitrogens with one attached hydrogen (secondary N) is 2. The predicted molar refractivity (Wildman–Crippen MR) is 234 cm³/mol. The second-order valence-corrected chi connectivity index (χ2v) is 22.2. The molecule has 6 unspecified atom stereocenters. The fourth-order valence-electron chi connectivity index (χ4n) is 16.0. The van der Waals surface area contributed by atoms with Gasteiger partial charge < -0.3 is 31.6 Å². The number of hydrogen-bond acceptors (Lipinski definition) is 12. The highest BCUT2D eigenvalue weighted by Crippen LogP contribution is 2.67. The largest absolute Gasteiger partial charge is 0.459 e. The lowest BCUT2D eigenvalue weighted by molar-refractivity contribution is -0.192. The van der Waals surface area contributed by atoms with E-state index in [9.17, 15) is 28.8 Å². The summed E-state index contributed by atoms with van der Waals surface area (Å²) >= 11 is 0. The molecule has 6 N–H and O–H groups in total. The van der Waals surface area contributed by atoms with E-state index in [0.717, 1.165) is 77.3 Å². The molecule has 0 aromatic rings. The summed E-state index contributed by atoms with van der Waals surface area (Å²) < 4.78 is 12.9. The van der Waals surface area contributed by atoms with Crippen LogP contribution in [-0.2, 0) is 38.2 Å². The van der Waals surface area contributed by atoms with E-state index >= 15 is 0 Å². The van der Waals surface area contributed by atoms with Crippen molar-refractivity contribution in [1.82, 2.24) is 10.6 Å². The summed E-state index contributed by atoms with van der Waals surface area (Å²) in [4.78, 5) is 82.8. The van der Waals surface area contributed by atoms with Gasteiger partial charge in [-0.25, -0.2) is 9.59 Å². The van der Waals surface area contributed by atoms with Gasteiger partial charge in [0.2, 0.25) is 0 Å². The summed E-state index contributed by atoms with van der Waals surface area (Å²) in [7, 11) is 0. The van der Waals surface area contributed by atoms with Crippen molar-refractivity contribution in [2.45, 2.75) is 168 Å². The first kappa shape index (κ1) is 45.8. The molecule has 62 heavy (non-hydrogen) atoms. The molecule has 0 aromatic carbocycles. The number of fused-ring (bicyclic) bond motifs is 10. The van der Waals surface area contributed by atoms with E-state index in [1.807, 2.05) is 0 Å². The van der Waals surface area contributed by atoms with Gasteiger partial charge in [0.25, 0.3) is 0 Å². The molecule has 16 atom stereocenters. The van der Waals surface area contributed by atoms with Gasteiger partial charge in [-0.15, -0.1) is 0 Å². The van der Waals surface area contributed by atoms with Crippen molar-refractivity contribution >= 4 is 35.1 Å². The van der Waals surface area contributed by atoms with Crippen molar-refractivity contribution in [2.24, 2.45) is 80.5 Å². The van der Waals surface area contributed by atoms with Gasteiger partial charge in [0.05, 0.1) is 0 Å². The molecule has 0 aliphatic heterocycles. The number of esters is 2. The summed E-state index contributed by atoms with van der Waals surface area (Å²) in [5.41, 5.74) is 9.55. The molecular weight excluding hydrogens is 785 g/mol.